The molecule has 4 aromatic rings. The number of imidazole rings is 1. The predicted molar refractivity (Wildman–Crippen MR) is 121 cm³/mol. The molecule has 1 aromatic carbocycles. The van der Waals surface area contributed by atoms with Crippen LogP contribution in [0.1, 0.15) is 19.5 Å². The molecule has 8 heteroatoms. The van der Waals surface area contributed by atoms with Crippen molar-refractivity contribution < 1.29 is 8.78 Å². The number of anilines is 1. The zero-order valence-electron chi connectivity index (χ0n) is 18.2. The van der Waals surface area contributed by atoms with Crippen molar-refractivity contribution in [1.82, 2.24) is 24.9 Å². The average molecular weight is 434 g/mol. The maximum Gasteiger partial charge on any atom is 0.155 e. The molecule has 1 N–H and O–H groups in total. The van der Waals surface area contributed by atoms with Gasteiger partial charge in [0.2, 0.25) is 0 Å². The van der Waals surface area contributed by atoms with Gasteiger partial charge < -0.3 is 10.2 Å². The van der Waals surface area contributed by atoms with Gasteiger partial charge in [-0.1, -0.05) is 0 Å². The summed E-state index contributed by atoms with van der Waals surface area (Å²) in [5.74, 6) is -0.468. The van der Waals surface area contributed by atoms with Crippen molar-refractivity contribution in [3.05, 3.63) is 66.0 Å². The molecule has 1 saturated heterocycles. The van der Waals surface area contributed by atoms with E-state index in [2.05, 4.69) is 29.0 Å². The van der Waals surface area contributed by atoms with Crippen molar-refractivity contribution in [2.24, 2.45) is 0 Å². The first-order valence-corrected chi connectivity index (χ1v) is 10.6. The molecule has 0 bridgehead atoms. The summed E-state index contributed by atoms with van der Waals surface area (Å²) >= 11 is 0. The first kappa shape index (κ1) is 20.5. The molecule has 0 atom stereocenters. The summed E-state index contributed by atoms with van der Waals surface area (Å²) in [6.07, 6.45) is 1.71. The minimum absolute atomic E-state index is 0.0287. The molecule has 0 spiro atoms. The van der Waals surface area contributed by atoms with Gasteiger partial charge in [0, 0.05) is 54.3 Å². The smallest absolute Gasteiger partial charge is 0.155 e. The fraction of sp³-hybridized carbons (Fsp3) is 0.292. The number of pyridine rings is 1. The molecule has 0 amide bonds. The molecule has 0 aliphatic carbocycles. The number of nitrogens with one attached hydrogen (secondary N) is 1. The lowest BCUT2D eigenvalue weighted by molar-refractivity contribution is 0.351. The molecule has 3 aromatic heterocycles. The quantitative estimate of drug-likeness (QED) is 0.523. The van der Waals surface area contributed by atoms with Gasteiger partial charge in [0.05, 0.1) is 5.69 Å². The van der Waals surface area contributed by atoms with Gasteiger partial charge in [-0.15, -0.1) is 5.10 Å². The normalized spacial score (nSPS) is 16.0. The number of hydrogen-bond donors (Lipinski definition) is 1. The Bertz CT molecular complexity index is 1290. The van der Waals surface area contributed by atoms with Gasteiger partial charge in [0.1, 0.15) is 23.1 Å². The van der Waals surface area contributed by atoms with E-state index in [9.17, 15) is 8.78 Å². The number of piperazine rings is 1. The Morgan fingerprint density at radius 3 is 2.50 bits per heavy atom. The maximum atomic E-state index is 14.0. The van der Waals surface area contributed by atoms with Gasteiger partial charge in [-0.05, 0) is 57.2 Å². The van der Waals surface area contributed by atoms with Crippen LogP contribution in [0.4, 0.5) is 14.6 Å². The average Bonchev–Trinajstić information content (AvgIpc) is 3.11. The summed E-state index contributed by atoms with van der Waals surface area (Å²) in [6.45, 7) is 8.73. The van der Waals surface area contributed by atoms with Gasteiger partial charge in [-0.25, -0.2) is 18.3 Å². The van der Waals surface area contributed by atoms with Gasteiger partial charge in [0.15, 0.2) is 5.65 Å². The van der Waals surface area contributed by atoms with Crippen LogP contribution in [0.25, 0.3) is 28.2 Å². The van der Waals surface area contributed by atoms with Crippen LogP contribution < -0.4 is 10.2 Å². The molecule has 0 saturated carbocycles. The summed E-state index contributed by atoms with van der Waals surface area (Å²) in [4.78, 5) is 11.2. The van der Waals surface area contributed by atoms with Crippen LogP contribution in [-0.2, 0) is 0 Å². The lowest BCUT2D eigenvalue weighted by atomic mass is 10.0. The first-order chi connectivity index (χ1) is 15.3. The van der Waals surface area contributed by atoms with E-state index in [1.54, 1.807) is 10.7 Å². The van der Waals surface area contributed by atoms with Crippen LogP contribution in [-0.4, -0.2) is 44.8 Å². The molecule has 0 radical (unpaired) electrons. The SMILES string of the molecule is Cc1cc(-c2c(-c3cc(F)cc(F)c3)nc3ccc(N4CCNC(C)(C)C4)nn23)ccn1. The van der Waals surface area contributed by atoms with Crippen LogP contribution in [0.3, 0.4) is 0 Å². The van der Waals surface area contributed by atoms with E-state index in [0.29, 0.717) is 22.6 Å². The van der Waals surface area contributed by atoms with Crippen molar-refractivity contribution in [3.63, 3.8) is 0 Å². The number of nitrogens with zero attached hydrogens (tertiary/aromatic N) is 5. The van der Waals surface area contributed by atoms with Gasteiger partial charge in [0.25, 0.3) is 0 Å². The number of aryl methyl sites for hydroxylation is 1. The maximum absolute atomic E-state index is 14.0. The van der Waals surface area contributed by atoms with E-state index in [1.165, 1.54) is 12.1 Å². The molecular weight excluding hydrogens is 410 g/mol. The number of halogens is 2. The van der Waals surface area contributed by atoms with Crippen molar-refractivity contribution >= 4 is 11.5 Å². The zero-order valence-corrected chi connectivity index (χ0v) is 18.2. The summed E-state index contributed by atoms with van der Waals surface area (Å²) in [6, 6.07) is 11.1. The zero-order chi connectivity index (χ0) is 22.5. The Balaban J connectivity index is 1.72. The Morgan fingerprint density at radius 1 is 1.00 bits per heavy atom. The van der Waals surface area contributed by atoms with Gasteiger partial charge in [-0.2, -0.15) is 0 Å². The van der Waals surface area contributed by atoms with E-state index >= 15 is 0 Å². The summed E-state index contributed by atoms with van der Waals surface area (Å²) in [5, 5.41) is 8.41. The number of aromatic nitrogens is 4. The topological polar surface area (TPSA) is 58.4 Å². The van der Waals surface area contributed by atoms with Crippen molar-refractivity contribution in [2.45, 2.75) is 26.3 Å². The van der Waals surface area contributed by atoms with E-state index in [1.807, 2.05) is 31.2 Å². The van der Waals surface area contributed by atoms with E-state index in [0.717, 1.165) is 42.8 Å². The summed E-state index contributed by atoms with van der Waals surface area (Å²) < 4.78 is 29.8. The lowest BCUT2D eigenvalue weighted by Crippen LogP contribution is -2.57. The monoisotopic (exact) mass is 434 g/mol. The largest absolute Gasteiger partial charge is 0.352 e. The standard InChI is InChI=1S/C24H24F2N6/c1-15-10-16(6-7-27-15)23-22(17-11-18(25)13-19(26)12-17)29-20-4-5-21(30-32(20)23)31-9-8-28-24(2,3)14-31/h4-7,10-13,28H,8-9,14H2,1-3H3. The van der Waals surface area contributed by atoms with Gasteiger partial charge in [-0.3, -0.25) is 4.98 Å². The Morgan fingerprint density at radius 2 is 1.78 bits per heavy atom. The predicted octanol–water partition coefficient (Wildman–Crippen LogP) is 4.23. The molecule has 1 fully saturated rings. The highest BCUT2D eigenvalue weighted by atomic mass is 19.1. The minimum atomic E-state index is -0.648. The van der Waals surface area contributed by atoms with Crippen LogP contribution in [0.15, 0.2) is 48.7 Å². The Hall–Kier alpha value is -3.39. The fourth-order valence-electron chi connectivity index (χ4n) is 4.27. The van der Waals surface area contributed by atoms with Crippen LogP contribution >= 0.6 is 0 Å². The molecule has 0 unspecified atom stereocenters. The van der Waals surface area contributed by atoms with Crippen LogP contribution in [0.2, 0.25) is 0 Å². The Labute approximate surface area is 184 Å². The van der Waals surface area contributed by atoms with Crippen LogP contribution in [0, 0.1) is 18.6 Å². The fourth-order valence-corrected chi connectivity index (χ4v) is 4.27. The Kier molecular flexibility index (Phi) is 4.89. The van der Waals surface area contributed by atoms with E-state index < -0.39 is 11.6 Å². The molecule has 6 nitrogen and oxygen atoms in total. The number of rotatable bonds is 3. The van der Waals surface area contributed by atoms with Crippen molar-refractivity contribution in [2.75, 3.05) is 24.5 Å². The number of hydrogen-bond acceptors (Lipinski definition) is 5. The molecule has 5 rings (SSSR count). The number of benzene rings is 1. The third-order valence-electron chi connectivity index (χ3n) is 5.66. The minimum Gasteiger partial charge on any atom is -0.352 e. The highest BCUT2D eigenvalue weighted by Gasteiger charge is 2.27. The second-order valence-corrected chi connectivity index (χ2v) is 8.85. The van der Waals surface area contributed by atoms with Gasteiger partial charge >= 0.3 is 0 Å². The summed E-state index contributed by atoms with van der Waals surface area (Å²) in [7, 11) is 0. The molecule has 4 heterocycles. The molecule has 164 valence electrons. The second-order valence-electron chi connectivity index (χ2n) is 8.85. The highest BCUT2D eigenvalue weighted by Crippen LogP contribution is 2.34. The molecular formula is C24H24F2N6. The third-order valence-corrected chi connectivity index (χ3v) is 5.66. The second kappa shape index (κ2) is 7.63. The molecule has 1 aliphatic rings. The number of fused-ring (bicyclic) bond motifs is 1. The van der Waals surface area contributed by atoms with Crippen molar-refractivity contribution in [3.8, 4) is 22.5 Å². The van der Waals surface area contributed by atoms with E-state index in [4.69, 9.17) is 10.1 Å². The first-order valence-electron chi connectivity index (χ1n) is 10.6. The van der Waals surface area contributed by atoms with Crippen molar-refractivity contribution in [1.29, 1.82) is 0 Å². The molecule has 1 aliphatic heterocycles. The van der Waals surface area contributed by atoms with E-state index in [-0.39, 0.29) is 5.54 Å². The van der Waals surface area contributed by atoms with Crippen LogP contribution in [0.5, 0.6) is 0 Å². The summed E-state index contributed by atoms with van der Waals surface area (Å²) in [5.41, 5.74) is 3.74. The highest BCUT2D eigenvalue weighted by molar-refractivity contribution is 5.82. The lowest BCUT2D eigenvalue weighted by Gasteiger charge is -2.39. The molecule has 32 heavy (non-hydrogen) atoms. The third kappa shape index (κ3) is 3.82.